The van der Waals surface area contributed by atoms with Gasteiger partial charge >= 0.3 is 0 Å². The van der Waals surface area contributed by atoms with E-state index in [2.05, 4.69) is 0 Å². The topological polar surface area (TPSA) is 60.8 Å². The first-order valence-corrected chi connectivity index (χ1v) is 6.66. The van der Waals surface area contributed by atoms with Crippen LogP contribution in [-0.2, 0) is 10.2 Å². The maximum Gasteiger partial charge on any atom is 0.236 e. The average molecular weight is 285 g/mol. The molecule has 4 heteroatoms. The molecule has 4 nitrogen and oxygen atoms in total. The summed E-state index contributed by atoms with van der Waals surface area (Å²) in [6.07, 6.45) is 0. The molecule has 0 unspecified atom stereocenters. The van der Waals surface area contributed by atoms with Crippen molar-refractivity contribution in [2.24, 2.45) is 0 Å². The number of hydrogen-bond donors (Lipinski definition) is 2. The number of phenols is 2. The molecule has 0 fully saturated rings. The molecule has 2 aromatic carbocycles. The highest BCUT2D eigenvalue weighted by atomic mass is 16.3. The van der Waals surface area contributed by atoms with E-state index in [4.69, 9.17) is 0 Å². The first-order valence-electron chi connectivity index (χ1n) is 6.66. The number of phenolic OH excluding ortho intramolecular Hbond substituents is 2. The predicted octanol–water partition coefficient (Wildman–Crippen LogP) is 2.49. The Hall–Kier alpha value is -2.49. The van der Waals surface area contributed by atoms with Crippen LogP contribution in [0.5, 0.6) is 11.5 Å². The van der Waals surface area contributed by atoms with Gasteiger partial charge in [0.1, 0.15) is 11.5 Å². The summed E-state index contributed by atoms with van der Waals surface area (Å²) >= 11 is 0. The fourth-order valence-electron chi connectivity index (χ4n) is 2.45. The van der Waals surface area contributed by atoms with Crippen LogP contribution in [0.2, 0.25) is 0 Å². The van der Waals surface area contributed by atoms with Gasteiger partial charge in [-0.05, 0) is 42.3 Å². The molecule has 0 aliphatic carbocycles. The van der Waals surface area contributed by atoms with Crippen molar-refractivity contribution >= 4 is 5.91 Å². The second kappa shape index (κ2) is 5.48. The molecule has 2 aromatic rings. The summed E-state index contributed by atoms with van der Waals surface area (Å²) in [4.78, 5) is 14.3. The van der Waals surface area contributed by atoms with Crippen LogP contribution in [0.4, 0.5) is 0 Å². The summed E-state index contributed by atoms with van der Waals surface area (Å²) in [5, 5.41) is 18.9. The average Bonchev–Trinajstić information content (AvgIpc) is 2.47. The van der Waals surface area contributed by atoms with Crippen LogP contribution in [-0.4, -0.2) is 35.1 Å². The van der Waals surface area contributed by atoms with E-state index < -0.39 is 5.41 Å². The van der Waals surface area contributed by atoms with Crippen LogP contribution < -0.4 is 0 Å². The van der Waals surface area contributed by atoms with Gasteiger partial charge in [-0.25, -0.2) is 0 Å². The van der Waals surface area contributed by atoms with Gasteiger partial charge < -0.3 is 15.1 Å². The molecule has 0 bridgehead atoms. The molecule has 110 valence electrons. The molecule has 0 aliphatic rings. The van der Waals surface area contributed by atoms with Crippen molar-refractivity contribution in [2.75, 3.05) is 14.1 Å². The SMILES string of the molecule is CN(C)C(=O)C(C)(c1ccc(O)cc1)c1ccc(O)cc1. The van der Waals surface area contributed by atoms with Gasteiger partial charge in [-0.2, -0.15) is 0 Å². The standard InChI is InChI=1S/C17H19NO3/c1-17(16(21)18(2)3,12-4-8-14(19)9-5-12)13-6-10-15(20)11-7-13/h4-11,19-20H,1-3H3. The van der Waals surface area contributed by atoms with Crippen LogP contribution in [0.3, 0.4) is 0 Å². The lowest BCUT2D eigenvalue weighted by molar-refractivity contribution is -0.132. The molecule has 0 saturated heterocycles. The van der Waals surface area contributed by atoms with E-state index in [9.17, 15) is 15.0 Å². The Morgan fingerprint density at radius 1 is 0.857 bits per heavy atom. The number of likely N-dealkylation sites (N-methyl/N-ethyl adjacent to an activating group) is 1. The summed E-state index contributed by atoms with van der Waals surface area (Å²) in [6.45, 7) is 1.84. The minimum atomic E-state index is -0.884. The third-order valence-electron chi connectivity index (χ3n) is 3.72. The summed E-state index contributed by atoms with van der Waals surface area (Å²) in [5.74, 6) is 0.243. The van der Waals surface area contributed by atoms with Gasteiger partial charge in [0.05, 0.1) is 5.41 Å². The van der Waals surface area contributed by atoms with Crippen molar-refractivity contribution in [2.45, 2.75) is 12.3 Å². The summed E-state index contributed by atoms with van der Waals surface area (Å²) in [7, 11) is 3.42. The van der Waals surface area contributed by atoms with Gasteiger partial charge in [-0.15, -0.1) is 0 Å². The van der Waals surface area contributed by atoms with Crippen LogP contribution in [0.25, 0.3) is 0 Å². The van der Waals surface area contributed by atoms with Gasteiger partial charge in [0, 0.05) is 14.1 Å². The molecule has 0 saturated carbocycles. The number of nitrogens with zero attached hydrogens (tertiary/aromatic N) is 1. The highest BCUT2D eigenvalue weighted by Gasteiger charge is 2.38. The minimum Gasteiger partial charge on any atom is -0.508 e. The van der Waals surface area contributed by atoms with Crippen molar-refractivity contribution in [3.05, 3.63) is 59.7 Å². The number of aromatic hydroxyl groups is 2. The Kier molecular flexibility index (Phi) is 3.89. The molecule has 2 rings (SSSR count). The lowest BCUT2D eigenvalue weighted by Gasteiger charge is -2.32. The quantitative estimate of drug-likeness (QED) is 0.911. The second-order valence-corrected chi connectivity index (χ2v) is 5.42. The zero-order chi connectivity index (χ0) is 15.6. The lowest BCUT2D eigenvalue weighted by Crippen LogP contribution is -2.42. The van der Waals surface area contributed by atoms with Crippen LogP contribution in [0.15, 0.2) is 48.5 Å². The molecule has 0 heterocycles. The molecule has 21 heavy (non-hydrogen) atoms. The van der Waals surface area contributed by atoms with Gasteiger partial charge in [0.25, 0.3) is 0 Å². The van der Waals surface area contributed by atoms with Gasteiger partial charge in [-0.3, -0.25) is 4.79 Å². The summed E-state index contributed by atoms with van der Waals surface area (Å²) < 4.78 is 0. The van der Waals surface area contributed by atoms with E-state index in [1.165, 1.54) is 0 Å². The van der Waals surface area contributed by atoms with Gasteiger partial charge in [0.15, 0.2) is 0 Å². The van der Waals surface area contributed by atoms with E-state index in [0.717, 1.165) is 11.1 Å². The van der Waals surface area contributed by atoms with Crippen LogP contribution >= 0.6 is 0 Å². The van der Waals surface area contributed by atoms with Gasteiger partial charge in [0.2, 0.25) is 5.91 Å². The Bertz CT molecular complexity index is 585. The summed E-state index contributed by atoms with van der Waals surface area (Å²) in [5.41, 5.74) is 0.680. The minimum absolute atomic E-state index is 0.0705. The zero-order valence-electron chi connectivity index (χ0n) is 12.4. The third-order valence-corrected chi connectivity index (χ3v) is 3.72. The van der Waals surface area contributed by atoms with E-state index in [0.29, 0.717) is 0 Å². The smallest absolute Gasteiger partial charge is 0.236 e. The molecule has 1 amide bonds. The number of hydrogen-bond acceptors (Lipinski definition) is 3. The Balaban J connectivity index is 2.61. The number of carbonyl (C=O) groups excluding carboxylic acids is 1. The predicted molar refractivity (Wildman–Crippen MR) is 81.4 cm³/mol. The van der Waals surface area contributed by atoms with Crippen molar-refractivity contribution in [3.8, 4) is 11.5 Å². The Morgan fingerprint density at radius 2 is 1.19 bits per heavy atom. The van der Waals surface area contributed by atoms with Crippen LogP contribution in [0, 0.1) is 0 Å². The number of rotatable bonds is 3. The van der Waals surface area contributed by atoms with Crippen molar-refractivity contribution in [1.29, 1.82) is 0 Å². The van der Waals surface area contributed by atoms with E-state index in [1.54, 1.807) is 67.5 Å². The van der Waals surface area contributed by atoms with Gasteiger partial charge in [-0.1, -0.05) is 24.3 Å². The third kappa shape index (κ3) is 2.70. The maximum atomic E-state index is 12.7. The number of carbonyl (C=O) groups is 1. The van der Waals surface area contributed by atoms with Crippen LogP contribution in [0.1, 0.15) is 18.1 Å². The normalized spacial score (nSPS) is 11.2. The van der Waals surface area contributed by atoms with Crippen molar-refractivity contribution in [3.63, 3.8) is 0 Å². The van der Waals surface area contributed by atoms with Crippen molar-refractivity contribution < 1.29 is 15.0 Å². The fourth-order valence-corrected chi connectivity index (χ4v) is 2.45. The van der Waals surface area contributed by atoms with Crippen molar-refractivity contribution in [1.82, 2.24) is 4.90 Å². The largest absolute Gasteiger partial charge is 0.508 e. The number of benzene rings is 2. The molecule has 0 aromatic heterocycles. The Labute approximate surface area is 124 Å². The number of amides is 1. The van der Waals surface area contributed by atoms with E-state index >= 15 is 0 Å². The zero-order valence-corrected chi connectivity index (χ0v) is 12.4. The maximum absolute atomic E-state index is 12.7. The fraction of sp³-hybridized carbons (Fsp3) is 0.235. The molecular formula is C17H19NO3. The first kappa shape index (κ1) is 14.9. The highest BCUT2D eigenvalue weighted by molar-refractivity contribution is 5.91. The first-order chi connectivity index (χ1) is 9.85. The molecule has 2 N–H and O–H groups in total. The lowest BCUT2D eigenvalue weighted by atomic mass is 9.75. The van der Waals surface area contributed by atoms with E-state index in [-0.39, 0.29) is 17.4 Å². The monoisotopic (exact) mass is 285 g/mol. The second-order valence-electron chi connectivity index (χ2n) is 5.42. The molecular weight excluding hydrogens is 266 g/mol. The molecule has 0 spiro atoms. The highest BCUT2D eigenvalue weighted by Crippen LogP contribution is 2.35. The molecule has 0 atom stereocenters. The Morgan fingerprint density at radius 3 is 1.48 bits per heavy atom. The van der Waals surface area contributed by atoms with E-state index in [1.807, 2.05) is 6.92 Å². The summed E-state index contributed by atoms with van der Waals surface area (Å²) in [6, 6.07) is 13.2. The molecule has 0 aliphatic heterocycles. The molecule has 0 radical (unpaired) electrons.